The van der Waals surface area contributed by atoms with Crippen LogP contribution in [0.1, 0.15) is 41.7 Å². The summed E-state index contributed by atoms with van der Waals surface area (Å²) in [7, 11) is -3.72. The molecular formula is C23H23NO4S2. The van der Waals surface area contributed by atoms with Crippen LogP contribution in [0.4, 0.5) is 5.69 Å². The Morgan fingerprint density at radius 3 is 2.47 bits per heavy atom. The van der Waals surface area contributed by atoms with Crippen LogP contribution < -0.4 is 10.1 Å². The van der Waals surface area contributed by atoms with Crippen LogP contribution >= 0.6 is 11.3 Å². The van der Waals surface area contributed by atoms with Crippen molar-refractivity contribution in [3.05, 3.63) is 69.9 Å². The fourth-order valence-corrected chi connectivity index (χ4v) is 6.44. The van der Waals surface area contributed by atoms with Crippen molar-refractivity contribution in [2.45, 2.75) is 42.4 Å². The number of hydrogen-bond donors (Lipinski definition) is 1. The first-order valence-corrected chi connectivity index (χ1v) is 12.2. The maximum absolute atomic E-state index is 13.2. The number of aryl methyl sites for hydroxylation is 1. The van der Waals surface area contributed by atoms with Crippen molar-refractivity contribution in [2.75, 3.05) is 11.9 Å². The molecule has 0 radical (unpaired) electrons. The van der Waals surface area contributed by atoms with Crippen molar-refractivity contribution >= 4 is 32.8 Å². The van der Waals surface area contributed by atoms with E-state index < -0.39 is 9.84 Å². The van der Waals surface area contributed by atoms with Crippen LogP contribution in [-0.4, -0.2) is 20.9 Å². The Labute approximate surface area is 180 Å². The van der Waals surface area contributed by atoms with E-state index in [1.54, 1.807) is 29.6 Å². The zero-order valence-corrected chi connectivity index (χ0v) is 18.5. The van der Waals surface area contributed by atoms with Gasteiger partial charge in [-0.2, -0.15) is 0 Å². The molecule has 0 aliphatic carbocycles. The molecule has 30 heavy (non-hydrogen) atoms. The molecule has 0 spiro atoms. The maximum atomic E-state index is 13.2. The summed E-state index contributed by atoms with van der Waals surface area (Å²) in [4.78, 5) is 13.7. The van der Waals surface area contributed by atoms with Gasteiger partial charge in [-0.15, -0.1) is 11.3 Å². The highest BCUT2D eigenvalue weighted by Crippen LogP contribution is 2.46. The topological polar surface area (TPSA) is 72.5 Å². The smallest absolute Gasteiger partial charge is 0.225 e. The molecule has 1 N–H and O–H groups in total. The van der Waals surface area contributed by atoms with E-state index in [1.165, 1.54) is 11.3 Å². The minimum atomic E-state index is -3.72. The van der Waals surface area contributed by atoms with Crippen LogP contribution in [0, 0.1) is 6.92 Å². The second-order valence-corrected chi connectivity index (χ2v) is 10.2. The summed E-state index contributed by atoms with van der Waals surface area (Å²) in [6.07, 6.45) is 1.22. The molecule has 1 aromatic heterocycles. The van der Waals surface area contributed by atoms with E-state index in [9.17, 15) is 13.2 Å². The third-order valence-corrected chi connectivity index (χ3v) is 8.17. The van der Waals surface area contributed by atoms with Crippen molar-refractivity contribution in [2.24, 2.45) is 0 Å². The van der Waals surface area contributed by atoms with Crippen molar-refractivity contribution in [3.8, 4) is 5.75 Å². The Hall–Kier alpha value is -2.64. The van der Waals surface area contributed by atoms with E-state index >= 15 is 0 Å². The first-order valence-electron chi connectivity index (χ1n) is 9.86. The number of sulfone groups is 1. The van der Waals surface area contributed by atoms with Crippen LogP contribution in [0.2, 0.25) is 0 Å². The van der Waals surface area contributed by atoms with Crippen molar-refractivity contribution in [1.82, 2.24) is 0 Å². The molecule has 1 unspecified atom stereocenters. The number of thiophene rings is 1. The molecule has 1 amide bonds. The summed E-state index contributed by atoms with van der Waals surface area (Å²) in [6.45, 7) is 4.61. The minimum Gasteiger partial charge on any atom is -0.494 e. The second-order valence-electron chi connectivity index (χ2n) is 7.38. The van der Waals surface area contributed by atoms with Crippen LogP contribution in [-0.2, 0) is 14.6 Å². The van der Waals surface area contributed by atoms with Gasteiger partial charge in [-0.3, -0.25) is 4.79 Å². The van der Waals surface area contributed by atoms with Crippen molar-refractivity contribution in [1.29, 1.82) is 0 Å². The fourth-order valence-electron chi connectivity index (χ4n) is 3.53. The highest BCUT2D eigenvalue weighted by molar-refractivity contribution is 7.91. The maximum Gasteiger partial charge on any atom is 0.225 e. The molecule has 156 valence electrons. The van der Waals surface area contributed by atoms with E-state index in [0.717, 1.165) is 28.2 Å². The molecule has 0 saturated heterocycles. The quantitative estimate of drug-likeness (QED) is 0.574. The zero-order chi connectivity index (χ0) is 21.3. The van der Waals surface area contributed by atoms with Gasteiger partial charge in [0.15, 0.2) is 0 Å². The molecule has 2 heterocycles. The van der Waals surface area contributed by atoms with Crippen LogP contribution in [0.15, 0.2) is 63.7 Å². The molecule has 2 aromatic carbocycles. The Balaban J connectivity index is 1.71. The number of benzene rings is 2. The van der Waals surface area contributed by atoms with Crippen LogP contribution in [0.5, 0.6) is 5.75 Å². The lowest BCUT2D eigenvalue weighted by molar-refractivity contribution is -0.116. The number of carbonyl (C=O) groups is 1. The van der Waals surface area contributed by atoms with Crippen LogP contribution in [0.25, 0.3) is 0 Å². The first-order chi connectivity index (χ1) is 14.4. The van der Waals surface area contributed by atoms with E-state index in [-0.39, 0.29) is 28.0 Å². The predicted molar refractivity (Wildman–Crippen MR) is 118 cm³/mol. The number of carbonyl (C=O) groups excluding carboxylic acids is 1. The third-order valence-electron chi connectivity index (χ3n) is 5.13. The van der Waals surface area contributed by atoms with Gasteiger partial charge in [0, 0.05) is 22.6 Å². The molecule has 3 aromatic rings. The number of amides is 1. The number of rotatable bonds is 6. The lowest BCUT2D eigenvalue weighted by atomic mass is 9.90. The Bertz CT molecular complexity index is 1160. The van der Waals surface area contributed by atoms with Gasteiger partial charge in [0.2, 0.25) is 15.7 Å². The average molecular weight is 442 g/mol. The minimum absolute atomic E-state index is 0.160. The van der Waals surface area contributed by atoms with Gasteiger partial charge >= 0.3 is 0 Å². The Kier molecular flexibility index (Phi) is 5.66. The number of hydrogen-bond acceptors (Lipinski definition) is 5. The molecule has 0 fully saturated rings. The number of ether oxygens (including phenoxy) is 1. The standard InChI is InChI=1S/C23H23NO4S2/c1-3-12-28-17-8-6-16(7-9-17)19-13-21(25)24-22-20(14-29-23(19)22)30(26,27)18-10-4-15(2)5-11-18/h4-11,14,19H,3,12-13H2,1-2H3,(H,24,25). The molecule has 1 atom stereocenters. The lowest BCUT2D eigenvalue weighted by Gasteiger charge is -2.24. The normalized spacial score (nSPS) is 16.1. The summed E-state index contributed by atoms with van der Waals surface area (Å²) < 4.78 is 32.1. The molecule has 4 rings (SSSR count). The highest BCUT2D eigenvalue weighted by atomic mass is 32.2. The summed E-state index contributed by atoms with van der Waals surface area (Å²) in [5, 5.41) is 4.44. The SMILES string of the molecule is CCCOc1ccc(C2CC(=O)Nc3c(S(=O)(=O)c4ccc(C)cc4)csc32)cc1. The number of anilines is 1. The summed E-state index contributed by atoms with van der Waals surface area (Å²) in [5.41, 5.74) is 2.37. The van der Waals surface area contributed by atoms with E-state index in [0.29, 0.717) is 12.3 Å². The van der Waals surface area contributed by atoms with Gasteiger partial charge in [0.05, 0.1) is 17.2 Å². The molecule has 5 nitrogen and oxygen atoms in total. The first kappa shape index (κ1) is 20.6. The van der Waals surface area contributed by atoms with Crippen molar-refractivity contribution < 1.29 is 17.9 Å². The summed E-state index contributed by atoms with van der Waals surface area (Å²) >= 11 is 1.37. The number of fused-ring (bicyclic) bond motifs is 1. The van der Waals surface area contributed by atoms with Gasteiger partial charge < -0.3 is 10.1 Å². The average Bonchev–Trinajstić information content (AvgIpc) is 3.17. The molecule has 1 aliphatic rings. The Morgan fingerprint density at radius 1 is 1.10 bits per heavy atom. The fraction of sp³-hybridized carbons (Fsp3) is 0.261. The summed E-state index contributed by atoms with van der Waals surface area (Å²) in [6, 6.07) is 14.4. The van der Waals surface area contributed by atoms with E-state index in [1.807, 2.05) is 31.2 Å². The van der Waals surface area contributed by atoms with Gasteiger partial charge in [0.25, 0.3) is 0 Å². The molecule has 0 saturated carbocycles. The van der Waals surface area contributed by atoms with Gasteiger partial charge in [-0.05, 0) is 43.2 Å². The van der Waals surface area contributed by atoms with E-state index in [2.05, 4.69) is 12.2 Å². The molecule has 1 aliphatic heterocycles. The Morgan fingerprint density at radius 2 is 1.80 bits per heavy atom. The van der Waals surface area contributed by atoms with Gasteiger partial charge in [-0.1, -0.05) is 36.8 Å². The highest BCUT2D eigenvalue weighted by Gasteiger charge is 2.34. The van der Waals surface area contributed by atoms with Crippen molar-refractivity contribution in [3.63, 3.8) is 0 Å². The molecular weight excluding hydrogens is 418 g/mol. The predicted octanol–water partition coefficient (Wildman–Crippen LogP) is 5.15. The van der Waals surface area contributed by atoms with Gasteiger partial charge in [-0.25, -0.2) is 8.42 Å². The van der Waals surface area contributed by atoms with E-state index in [4.69, 9.17) is 4.74 Å². The molecule has 7 heteroatoms. The number of nitrogens with one attached hydrogen (secondary N) is 1. The molecule has 0 bridgehead atoms. The second kappa shape index (κ2) is 8.24. The summed E-state index contributed by atoms with van der Waals surface area (Å²) in [5.74, 6) is 0.424. The van der Waals surface area contributed by atoms with Gasteiger partial charge in [0.1, 0.15) is 10.6 Å². The largest absolute Gasteiger partial charge is 0.494 e. The zero-order valence-electron chi connectivity index (χ0n) is 16.8. The van der Waals surface area contributed by atoms with Crippen LogP contribution in [0.3, 0.4) is 0 Å². The monoisotopic (exact) mass is 441 g/mol. The third kappa shape index (κ3) is 3.87. The lowest BCUT2D eigenvalue weighted by Crippen LogP contribution is -2.23.